The number of ether oxygens (including phenoxy) is 1. The summed E-state index contributed by atoms with van der Waals surface area (Å²) in [4.78, 5) is 11.9. The Hall–Kier alpha value is -1.53. The van der Waals surface area contributed by atoms with Crippen LogP contribution < -0.4 is 5.69 Å². The summed E-state index contributed by atoms with van der Waals surface area (Å²) in [6, 6.07) is 10.2. The quantitative estimate of drug-likeness (QED) is 0.830. The predicted octanol–water partition coefficient (Wildman–Crippen LogP) is 2.09. The van der Waals surface area contributed by atoms with E-state index in [2.05, 4.69) is 22.3 Å². The number of nitrogens with zero attached hydrogens (tertiary/aromatic N) is 2. The van der Waals surface area contributed by atoms with Gasteiger partial charge < -0.3 is 4.74 Å². The minimum Gasteiger partial charge on any atom is -0.377 e. The smallest absolute Gasteiger partial charge is 0.343 e. The first-order valence-corrected chi connectivity index (χ1v) is 8.25. The molecule has 0 saturated carbocycles. The number of hydrogen-bond acceptors (Lipinski definition) is 4. The van der Waals surface area contributed by atoms with Crippen LogP contribution in [-0.2, 0) is 17.7 Å². The first kappa shape index (κ1) is 14.4. The van der Waals surface area contributed by atoms with Crippen molar-refractivity contribution in [2.45, 2.75) is 37.1 Å². The molecular weight excluding hydrogens is 286 g/mol. The van der Waals surface area contributed by atoms with Gasteiger partial charge in [0.1, 0.15) is 0 Å². The van der Waals surface area contributed by atoms with Crippen molar-refractivity contribution >= 4 is 11.8 Å². The zero-order chi connectivity index (χ0) is 14.5. The number of benzene rings is 1. The lowest BCUT2D eigenvalue weighted by Gasteiger charge is -2.09. The Morgan fingerprint density at radius 1 is 1.38 bits per heavy atom. The number of aromatic amines is 1. The molecule has 0 amide bonds. The molecule has 21 heavy (non-hydrogen) atoms. The van der Waals surface area contributed by atoms with E-state index in [4.69, 9.17) is 4.74 Å². The molecular formula is C15H19N3O2S. The number of thioether (sulfide) groups is 1. The van der Waals surface area contributed by atoms with E-state index in [1.54, 1.807) is 16.3 Å². The molecule has 2 aromatic rings. The van der Waals surface area contributed by atoms with Crippen molar-refractivity contribution in [2.24, 2.45) is 0 Å². The average Bonchev–Trinajstić information content (AvgIpc) is 3.14. The van der Waals surface area contributed by atoms with Gasteiger partial charge in [-0.25, -0.2) is 9.89 Å². The zero-order valence-electron chi connectivity index (χ0n) is 11.8. The van der Waals surface area contributed by atoms with Gasteiger partial charge in [-0.2, -0.15) is 0 Å². The highest BCUT2D eigenvalue weighted by atomic mass is 32.2. The third-order valence-electron chi connectivity index (χ3n) is 3.61. The number of hydrogen-bond donors (Lipinski definition) is 1. The first-order valence-electron chi connectivity index (χ1n) is 7.26. The lowest BCUT2D eigenvalue weighted by atomic mass is 10.1. The molecule has 3 rings (SSSR count). The van der Waals surface area contributed by atoms with Crippen LogP contribution in [0.4, 0.5) is 0 Å². The van der Waals surface area contributed by atoms with Crippen molar-refractivity contribution in [3.05, 3.63) is 46.4 Å². The number of nitrogens with one attached hydrogen (secondary N) is 1. The number of rotatable bonds is 6. The zero-order valence-corrected chi connectivity index (χ0v) is 12.6. The molecule has 0 spiro atoms. The van der Waals surface area contributed by atoms with E-state index < -0.39 is 0 Å². The van der Waals surface area contributed by atoms with Crippen LogP contribution in [0.1, 0.15) is 18.4 Å². The van der Waals surface area contributed by atoms with Crippen molar-refractivity contribution in [3.63, 3.8) is 0 Å². The highest BCUT2D eigenvalue weighted by Crippen LogP contribution is 2.21. The molecule has 112 valence electrons. The highest BCUT2D eigenvalue weighted by molar-refractivity contribution is 7.99. The molecule has 2 heterocycles. The van der Waals surface area contributed by atoms with Gasteiger partial charge in [0.25, 0.3) is 0 Å². The summed E-state index contributed by atoms with van der Waals surface area (Å²) < 4.78 is 7.32. The second-order valence-electron chi connectivity index (χ2n) is 5.14. The molecule has 1 N–H and O–H groups in total. The van der Waals surface area contributed by atoms with Crippen molar-refractivity contribution in [1.29, 1.82) is 0 Å². The van der Waals surface area contributed by atoms with Gasteiger partial charge in [-0.3, -0.25) is 4.57 Å². The fourth-order valence-electron chi connectivity index (χ4n) is 2.44. The monoisotopic (exact) mass is 305 g/mol. The molecule has 1 aliphatic rings. The van der Waals surface area contributed by atoms with Crippen LogP contribution in [0.25, 0.3) is 0 Å². The third kappa shape index (κ3) is 3.77. The van der Waals surface area contributed by atoms with E-state index in [0.717, 1.165) is 36.8 Å². The SMILES string of the molecule is O=c1[nH]nc(SC[C@@H]2CCCO2)n1CCc1ccccc1. The molecule has 1 fully saturated rings. The van der Waals surface area contributed by atoms with Crippen molar-refractivity contribution in [1.82, 2.24) is 14.8 Å². The fourth-order valence-corrected chi connectivity index (χ4v) is 3.48. The van der Waals surface area contributed by atoms with Gasteiger partial charge >= 0.3 is 5.69 Å². The van der Waals surface area contributed by atoms with Crippen molar-refractivity contribution in [2.75, 3.05) is 12.4 Å². The van der Waals surface area contributed by atoms with E-state index in [-0.39, 0.29) is 5.69 Å². The Bertz CT molecular complexity index is 617. The number of aryl methyl sites for hydroxylation is 1. The normalized spacial score (nSPS) is 18.2. The molecule has 0 radical (unpaired) electrons. The van der Waals surface area contributed by atoms with Crippen LogP contribution in [0.3, 0.4) is 0 Å². The second kappa shape index (κ2) is 6.95. The maximum Gasteiger partial charge on any atom is 0.343 e. The molecule has 1 atom stereocenters. The van der Waals surface area contributed by atoms with Gasteiger partial charge in [-0.1, -0.05) is 42.1 Å². The first-order chi connectivity index (χ1) is 10.3. The molecule has 0 aliphatic carbocycles. The van der Waals surface area contributed by atoms with E-state index in [1.807, 2.05) is 18.2 Å². The summed E-state index contributed by atoms with van der Waals surface area (Å²) in [5.74, 6) is 0.857. The summed E-state index contributed by atoms with van der Waals surface area (Å²) in [7, 11) is 0. The topological polar surface area (TPSA) is 59.9 Å². The Labute approximate surface area is 127 Å². The van der Waals surface area contributed by atoms with Gasteiger partial charge in [-0.15, -0.1) is 5.10 Å². The van der Waals surface area contributed by atoms with Crippen LogP contribution in [0.2, 0.25) is 0 Å². The molecule has 1 aromatic heterocycles. The van der Waals surface area contributed by atoms with Gasteiger partial charge in [-0.05, 0) is 24.8 Å². The Kier molecular flexibility index (Phi) is 4.77. The predicted molar refractivity (Wildman–Crippen MR) is 82.7 cm³/mol. The third-order valence-corrected chi connectivity index (χ3v) is 4.72. The number of H-pyrrole nitrogens is 1. The fraction of sp³-hybridized carbons (Fsp3) is 0.467. The average molecular weight is 305 g/mol. The summed E-state index contributed by atoms with van der Waals surface area (Å²) in [5.41, 5.74) is 1.08. The van der Waals surface area contributed by atoms with E-state index in [9.17, 15) is 4.79 Å². The maximum absolute atomic E-state index is 11.9. The maximum atomic E-state index is 11.9. The van der Waals surface area contributed by atoms with E-state index in [1.165, 1.54) is 5.56 Å². The molecule has 0 bridgehead atoms. The standard InChI is InChI=1S/C15H19N3O2S/c19-14-16-17-15(21-11-13-7-4-10-20-13)18(14)9-8-12-5-2-1-3-6-12/h1-3,5-6,13H,4,7-11H2,(H,16,19)/t13-/m0/s1. The van der Waals surface area contributed by atoms with E-state index >= 15 is 0 Å². The molecule has 1 aromatic carbocycles. The van der Waals surface area contributed by atoms with Gasteiger partial charge in [0.2, 0.25) is 0 Å². The molecule has 1 saturated heterocycles. The van der Waals surface area contributed by atoms with Gasteiger partial charge in [0, 0.05) is 18.9 Å². The van der Waals surface area contributed by atoms with Crippen molar-refractivity contribution in [3.8, 4) is 0 Å². The van der Waals surface area contributed by atoms with Crippen LogP contribution in [0.15, 0.2) is 40.3 Å². The Balaban J connectivity index is 1.61. The minimum absolute atomic E-state index is 0.138. The number of aromatic nitrogens is 3. The molecule has 6 heteroatoms. The van der Waals surface area contributed by atoms with Crippen LogP contribution >= 0.6 is 11.8 Å². The van der Waals surface area contributed by atoms with Crippen LogP contribution in [0, 0.1) is 0 Å². The largest absolute Gasteiger partial charge is 0.377 e. The molecule has 5 nitrogen and oxygen atoms in total. The summed E-state index contributed by atoms with van der Waals surface area (Å²) in [5, 5.41) is 7.42. The van der Waals surface area contributed by atoms with Crippen LogP contribution in [0.5, 0.6) is 0 Å². The van der Waals surface area contributed by atoms with Crippen LogP contribution in [-0.4, -0.2) is 33.2 Å². The van der Waals surface area contributed by atoms with Crippen molar-refractivity contribution < 1.29 is 4.74 Å². The van der Waals surface area contributed by atoms with Gasteiger partial charge in [0.05, 0.1) is 6.10 Å². The second-order valence-corrected chi connectivity index (χ2v) is 6.13. The lowest BCUT2D eigenvalue weighted by Crippen LogP contribution is -2.19. The van der Waals surface area contributed by atoms with E-state index in [0.29, 0.717) is 12.6 Å². The highest BCUT2D eigenvalue weighted by Gasteiger charge is 2.17. The minimum atomic E-state index is -0.138. The van der Waals surface area contributed by atoms with Gasteiger partial charge in [0.15, 0.2) is 5.16 Å². The Morgan fingerprint density at radius 3 is 3.00 bits per heavy atom. The summed E-state index contributed by atoms with van der Waals surface area (Å²) >= 11 is 1.60. The summed E-state index contributed by atoms with van der Waals surface area (Å²) in [6.45, 7) is 1.50. The summed E-state index contributed by atoms with van der Waals surface area (Å²) in [6.07, 6.45) is 3.36. The lowest BCUT2D eigenvalue weighted by molar-refractivity contribution is 0.129. The molecule has 1 aliphatic heterocycles. The Morgan fingerprint density at radius 2 is 2.24 bits per heavy atom. The molecule has 0 unspecified atom stereocenters.